The number of thiophene rings is 2. The minimum absolute atomic E-state index is 0.0135. The molecule has 2 amide bonds. The van der Waals surface area contributed by atoms with Crippen molar-refractivity contribution in [1.82, 2.24) is 4.90 Å². The topological polar surface area (TPSA) is 141 Å². The molecule has 0 spiro atoms. The molecule has 3 aromatic rings. The lowest BCUT2D eigenvalue weighted by molar-refractivity contribution is -0.125. The summed E-state index contributed by atoms with van der Waals surface area (Å²) in [6, 6.07) is 7.75. The third-order valence-electron chi connectivity index (χ3n) is 4.99. The van der Waals surface area contributed by atoms with E-state index >= 15 is 0 Å². The number of sulfonamides is 1. The third kappa shape index (κ3) is 4.64. The maximum Gasteiger partial charge on any atom is 0.417 e. The van der Waals surface area contributed by atoms with Crippen molar-refractivity contribution in [1.29, 1.82) is 0 Å². The Hall–Kier alpha value is -3.18. The van der Waals surface area contributed by atoms with Gasteiger partial charge in [-0.25, -0.2) is 9.69 Å². The Morgan fingerprint density at radius 2 is 1.89 bits per heavy atom. The van der Waals surface area contributed by atoms with Gasteiger partial charge in [0.1, 0.15) is 9.90 Å². The van der Waals surface area contributed by atoms with Crippen LogP contribution in [0.4, 0.5) is 10.5 Å². The van der Waals surface area contributed by atoms with E-state index in [1.807, 2.05) is 0 Å². The molecule has 0 radical (unpaired) electrons. The number of fused-ring (bicyclic) bond motifs is 1. The smallest absolute Gasteiger partial charge is 0.417 e. The van der Waals surface area contributed by atoms with Crippen molar-refractivity contribution in [2.45, 2.75) is 10.6 Å². The van der Waals surface area contributed by atoms with Gasteiger partial charge in [-0.05, 0) is 41.4 Å². The number of amides is 2. The van der Waals surface area contributed by atoms with Gasteiger partial charge in [-0.15, -0.1) is 22.7 Å². The first-order chi connectivity index (χ1) is 17.4. The number of aromatic hydroxyl groups is 1. The number of anilines is 1. The van der Waals surface area contributed by atoms with Crippen LogP contribution in [0, 0.1) is 0 Å². The largest absolute Gasteiger partial charge is 0.504 e. The van der Waals surface area contributed by atoms with E-state index in [1.54, 1.807) is 29.0 Å². The van der Waals surface area contributed by atoms with Crippen molar-refractivity contribution in [3.05, 3.63) is 46.7 Å². The molecule has 2 aliphatic heterocycles. The van der Waals surface area contributed by atoms with Gasteiger partial charge in [0.25, 0.3) is 15.9 Å². The van der Waals surface area contributed by atoms with E-state index in [2.05, 4.69) is 0 Å². The summed E-state index contributed by atoms with van der Waals surface area (Å²) in [6.45, 7) is -0.726. The van der Waals surface area contributed by atoms with Crippen molar-refractivity contribution in [3.8, 4) is 22.3 Å². The Kier molecular flexibility index (Phi) is 6.85. The minimum Gasteiger partial charge on any atom is -0.504 e. The highest BCUT2D eigenvalue weighted by molar-refractivity contribution is 8.12. The Balaban J connectivity index is 1.50. The molecular formula is C20H16N2O10S4. The van der Waals surface area contributed by atoms with Gasteiger partial charge in [0.05, 0.1) is 0 Å². The van der Waals surface area contributed by atoms with Crippen LogP contribution in [0.25, 0.3) is 0 Å². The van der Waals surface area contributed by atoms with E-state index in [0.717, 1.165) is 19.9 Å². The van der Waals surface area contributed by atoms with Crippen LogP contribution >= 0.6 is 34.9 Å². The molecule has 0 bridgehead atoms. The van der Waals surface area contributed by atoms with Gasteiger partial charge in [0.2, 0.25) is 17.6 Å². The highest BCUT2D eigenvalue weighted by Gasteiger charge is 2.37. The van der Waals surface area contributed by atoms with Crippen LogP contribution in [0.1, 0.15) is 5.56 Å². The number of hydrogen-bond donors (Lipinski definition) is 1. The number of nitrogens with zero attached hydrogens (tertiary/aromatic N) is 2. The van der Waals surface area contributed by atoms with E-state index in [4.69, 9.17) is 23.4 Å². The summed E-state index contributed by atoms with van der Waals surface area (Å²) in [4.78, 5) is 29.8. The molecule has 5 rings (SSSR count). The summed E-state index contributed by atoms with van der Waals surface area (Å²) in [5.74, 6) is -0.929. The Bertz CT molecular complexity index is 1360. The fourth-order valence-corrected chi connectivity index (χ4v) is 7.18. The second kappa shape index (κ2) is 10.1. The number of phenolic OH excluding ortho intramolecular Hbond substituents is 1. The third-order valence-corrected chi connectivity index (χ3v) is 9.82. The van der Waals surface area contributed by atoms with Gasteiger partial charge in [-0.2, -0.15) is 12.1 Å². The van der Waals surface area contributed by atoms with E-state index in [-0.39, 0.29) is 59.1 Å². The van der Waals surface area contributed by atoms with E-state index < -0.39 is 22.0 Å². The van der Waals surface area contributed by atoms with Gasteiger partial charge in [-0.3, -0.25) is 4.79 Å². The van der Waals surface area contributed by atoms with Crippen molar-refractivity contribution in [3.63, 3.8) is 0 Å². The van der Waals surface area contributed by atoms with Gasteiger partial charge >= 0.3 is 6.09 Å². The van der Waals surface area contributed by atoms with Gasteiger partial charge in [-0.1, -0.05) is 10.4 Å². The quantitative estimate of drug-likeness (QED) is 0.165. The molecule has 190 valence electrons. The van der Waals surface area contributed by atoms with Gasteiger partial charge in [0, 0.05) is 12.1 Å². The first-order valence-electron chi connectivity index (χ1n) is 10.1. The van der Waals surface area contributed by atoms with Gasteiger partial charge < -0.3 is 24.2 Å². The summed E-state index contributed by atoms with van der Waals surface area (Å²) < 4.78 is 48.7. The fraction of sp³-hybridized carbons (Fsp3) is 0.200. The number of carbonyl (C=O) groups is 2. The minimum atomic E-state index is -4.19. The fourth-order valence-electron chi connectivity index (χ4n) is 3.33. The number of cyclic esters (lactones) is 1. The molecule has 16 heteroatoms. The van der Waals surface area contributed by atoms with Crippen molar-refractivity contribution in [2.75, 3.05) is 23.7 Å². The molecule has 1 fully saturated rings. The lowest BCUT2D eigenvalue weighted by atomic mass is 10.1. The van der Waals surface area contributed by atoms with E-state index in [9.17, 15) is 23.1 Å². The van der Waals surface area contributed by atoms with Crippen molar-refractivity contribution in [2.24, 2.45) is 0 Å². The molecule has 0 unspecified atom stereocenters. The summed E-state index contributed by atoms with van der Waals surface area (Å²) in [5.41, 5.74) is 0.187. The highest BCUT2D eigenvalue weighted by Crippen LogP contribution is 2.52. The monoisotopic (exact) mass is 572 g/mol. The zero-order chi connectivity index (χ0) is 25.3. The number of benzene rings is 1. The molecular weight excluding hydrogens is 556 g/mol. The number of ether oxygens (including phenoxy) is 3. The summed E-state index contributed by atoms with van der Waals surface area (Å²) >= 11 is 2.63. The van der Waals surface area contributed by atoms with E-state index in [0.29, 0.717) is 17.3 Å². The zero-order valence-electron chi connectivity index (χ0n) is 18.0. The molecule has 12 nitrogen and oxygen atoms in total. The SMILES string of the molecule is O=C1COC(=O)N1CCc1cc(N(SOOc2cccs2)S(=O)(=O)c2cccs2)c2c(c1O)OCO2. The van der Waals surface area contributed by atoms with Crippen LogP contribution < -0.4 is 18.1 Å². The molecule has 1 N–H and O–H groups in total. The Morgan fingerprint density at radius 1 is 1.11 bits per heavy atom. The molecule has 0 saturated carbocycles. The summed E-state index contributed by atoms with van der Waals surface area (Å²) in [6.07, 6.45) is -0.808. The lowest BCUT2D eigenvalue weighted by Crippen LogP contribution is -2.31. The molecule has 1 saturated heterocycles. The standard InChI is InChI=1S/C20H16N2O10S4/c23-14-10-28-20(25)21(14)6-5-12-9-13(18-19(17(12)24)30-11-29-18)22(35-32-31-15-3-1-7-33-15)36(26,27)16-4-2-8-34-16/h1-4,7-9,24H,5-6,10-11H2. The van der Waals surface area contributed by atoms with Crippen molar-refractivity contribution >= 4 is 62.6 Å². The number of carbonyl (C=O) groups excluding carboxylic acids is 2. The number of rotatable bonds is 10. The average Bonchev–Trinajstić information content (AvgIpc) is 3.66. The number of imide groups is 1. The van der Waals surface area contributed by atoms with Crippen LogP contribution in [0.5, 0.6) is 22.3 Å². The molecule has 36 heavy (non-hydrogen) atoms. The summed E-state index contributed by atoms with van der Waals surface area (Å²) in [7, 11) is -4.19. The van der Waals surface area contributed by atoms with Crippen LogP contribution in [0.2, 0.25) is 0 Å². The molecule has 0 aliphatic carbocycles. The lowest BCUT2D eigenvalue weighted by Gasteiger charge is -2.23. The maximum absolute atomic E-state index is 13.5. The number of hydrogen-bond acceptors (Lipinski definition) is 13. The Morgan fingerprint density at radius 3 is 2.58 bits per heavy atom. The van der Waals surface area contributed by atoms with Gasteiger partial charge in [0.15, 0.2) is 30.3 Å². The molecule has 1 aromatic carbocycles. The first kappa shape index (κ1) is 24.5. The first-order valence-corrected chi connectivity index (χ1v) is 14.0. The molecule has 2 aliphatic rings. The predicted octanol–water partition coefficient (Wildman–Crippen LogP) is 3.53. The molecule has 2 aromatic heterocycles. The van der Waals surface area contributed by atoms with Crippen LogP contribution in [-0.2, 0) is 30.3 Å². The maximum atomic E-state index is 13.5. The summed E-state index contributed by atoms with van der Waals surface area (Å²) in [5, 5.41) is 14.5. The normalized spacial score (nSPS) is 14.8. The van der Waals surface area contributed by atoms with Crippen LogP contribution in [-0.4, -0.2) is 50.4 Å². The zero-order valence-corrected chi connectivity index (χ0v) is 21.3. The van der Waals surface area contributed by atoms with Crippen LogP contribution in [0.3, 0.4) is 0 Å². The van der Waals surface area contributed by atoms with Crippen LogP contribution in [0.15, 0.2) is 45.3 Å². The second-order valence-electron chi connectivity index (χ2n) is 7.14. The second-order valence-corrected chi connectivity index (χ2v) is 11.9. The van der Waals surface area contributed by atoms with Crippen molar-refractivity contribution < 1.29 is 46.5 Å². The predicted molar refractivity (Wildman–Crippen MR) is 129 cm³/mol. The average molecular weight is 573 g/mol. The van der Waals surface area contributed by atoms with E-state index in [1.165, 1.54) is 23.5 Å². The molecule has 4 heterocycles. The highest BCUT2D eigenvalue weighted by atomic mass is 32.3. The Labute approximate surface area is 216 Å². The number of phenols is 1. The molecule has 0 atom stereocenters.